The summed E-state index contributed by atoms with van der Waals surface area (Å²) in [6, 6.07) is 0. The molecule has 1 saturated heterocycles. The summed E-state index contributed by atoms with van der Waals surface area (Å²) in [5, 5.41) is 0. The molecule has 2 atom stereocenters. The van der Waals surface area contributed by atoms with E-state index in [1.807, 2.05) is 10.8 Å². The third-order valence-electron chi connectivity index (χ3n) is 3.01. The molecule has 0 aromatic rings. The quantitative estimate of drug-likeness (QED) is 0.604. The molecule has 1 aliphatic heterocycles. The summed E-state index contributed by atoms with van der Waals surface area (Å²) < 4.78 is 0.387. The number of rotatable bonds is 1. The van der Waals surface area contributed by atoms with Crippen LogP contribution in [0, 0.1) is 11.8 Å². The van der Waals surface area contributed by atoms with Gasteiger partial charge in [0.1, 0.15) is 0 Å². The number of hydrogen-bond donors (Lipinski definition) is 0. The molecule has 1 aliphatic carbocycles. The topological polar surface area (TPSA) is 0 Å². The smallest absolute Gasteiger partial charge is 0.0531 e. The second-order valence-electron chi connectivity index (χ2n) is 4.05. The molecule has 13 heavy (non-hydrogen) atoms. The van der Waals surface area contributed by atoms with E-state index in [0.29, 0.717) is 4.75 Å². The Morgan fingerprint density at radius 1 is 1.38 bits per heavy atom. The van der Waals surface area contributed by atoms with Gasteiger partial charge in [-0.1, -0.05) is 59.7 Å². The Kier molecular flexibility index (Phi) is 2.80. The Labute approximate surface area is 88.6 Å². The molecule has 2 rings (SSSR count). The first kappa shape index (κ1) is 9.72. The second kappa shape index (κ2) is 3.74. The molecule has 0 aromatic carbocycles. The molecule has 0 aromatic heterocycles. The van der Waals surface area contributed by atoms with Crippen molar-refractivity contribution in [2.75, 3.05) is 5.75 Å². The molecule has 2 heteroatoms. The maximum atomic E-state index is 2.42. The summed E-state index contributed by atoms with van der Waals surface area (Å²) in [7, 11) is 4.12. The highest BCUT2D eigenvalue weighted by molar-refractivity contribution is 8.77. The normalized spacial score (nSPS) is 37.9. The van der Waals surface area contributed by atoms with Gasteiger partial charge in [-0.3, -0.25) is 0 Å². The van der Waals surface area contributed by atoms with Crippen molar-refractivity contribution < 1.29 is 0 Å². The maximum Gasteiger partial charge on any atom is 0.0531 e. The lowest BCUT2D eigenvalue weighted by atomic mass is 9.78. The molecule has 0 amide bonds. The predicted molar refractivity (Wildman–Crippen MR) is 64.0 cm³/mol. The molecule has 1 fully saturated rings. The molecule has 72 valence electrons. The van der Waals surface area contributed by atoms with Crippen LogP contribution in [0.1, 0.15) is 20.3 Å². The third-order valence-corrected chi connectivity index (χ3v) is 6.45. The Morgan fingerprint density at radius 2 is 2.23 bits per heavy atom. The van der Waals surface area contributed by atoms with E-state index in [1.54, 1.807) is 0 Å². The van der Waals surface area contributed by atoms with Gasteiger partial charge < -0.3 is 0 Å². The van der Waals surface area contributed by atoms with Crippen LogP contribution in [0.25, 0.3) is 0 Å². The van der Waals surface area contributed by atoms with Crippen LogP contribution < -0.4 is 0 Å². The zero-order chi connectivity index (χ0) is 9.31. The van der Waals surface area contributed by atoms with Crippen molar-refractivity contribution in [1.82, 2.24) is 0 Å². The van der Waals surface area contributed by atoms with E-state index in [4.69, 9.17) is 0 Å². The molecule has 0 nitrogen and oxygen atoms in total. The first-order chi connectivity index (χ1) is 6.26. The maximum absolute atomic E-state index is 2.42. The van der Waals surface area contributed by atoms with Crippen molar-refractivity contribution in [1.29, 1.82) is 0 Å². The van der Waals surface area contributed by atoms with Crippen molar-refractivity contribution in [2.45, 2.75) is 25.0 Å². The highest BCUT2D eigenvalue weighted by atomic mass is 33.1. The Balaban J connectivity index is 2.29. The van der Waals surface area contributed by atoms with Gasteiger partial charge in [0, 0.05) is 5.75 Å². The summed E-state index contributed by atoms with van der Waals surface area (Å²) in [5.41, 5.74) is 0. The fourth-order valence-electron chi connectivity index (χ4n) is 2.13. The summed E-state index contributed by atoms with van der Waals surface area (Å²) in [6.45, 7) is 4.69. The van der Waals surface area contributed by atoms with Crippen molar-refractivity contribution in [2.24, 2.45) is 11.8 Å². The Bertz CT molecular complexity index is 242. The zero-order valence-electron chi connectivity index (χ0n) is 8.19. The SMILES string of the molecule is CC(C)C12C=CC=CC1CCSS2. The predicted octanol–water partition coefficient (Wildman–Crippen LogP) is 3.91. The van der Waals surface area contributed by atoms with E-state index < -0.39 is 0 Å². The van der Waals surface area contributed by atoms with E-state index in [-0.39, 0.29) is 0 Å². The van der Waals surface area contributed by atoms with Crippen molar-refractivity contribution in [3.05, 3.63) is 24.3 Å². The second-order valence-corrected chi connectivity index (χ2v) is 6.78. The first-order valence-electron chi connectivity index (χ1n) is 4.92. The third kappa shape index (κ3) is 1.59. The number of allylic oxidation sites excluding steroid dienone is 3. The average molecular weight is 212 g/mol. The monoisotopic (exact) mass is 212 g/mol. The van der Waals surface area contributed by atoms with E-state index >= 15 is 0 Å². The molecule has 0 saturated carbocycles. The lowest BCUT2D eigenvalue weighted by Gasteiger charge is -2.44. The van der Waals surface area contributed by atoms with Crippen LogP contribution in [0.2, 0.25) is 0 Å². The standard InChI is InChI=1S/C11H16S2/c1-9(2)11-7-4-3-5-10(11)6-8-12-13-11/h3-5,7,9-10H,6,8H2,1-2H3. The highest BCUT2D eigenvalue weighted by Crippen LogP contribution is 2.54. The fraction of sp³-hybridized carbons (Fsp3) is 0.636. The first-order valence-corrected chi connectivity index (χ1v) is 7.24. The number of hydrogen-bond acceptors (Lipinski definition) is 2. The van der Waals surface area contributed by atoms with E-state index in [9.17, 15) is 0 Å². The molecule has 2 unspecified atom stereocenters. The van der Waals surface area contributed by atoms with E-state index in [2.05, 4.69) is 48.9 Å². The molecule has 0 bridgehead atoms. The minimum Gasteiger partial charge on any atom is -0.0932 e. The van der Waals surface area contributed by atoms with Crippen molar-refractivity contribution in [3.8, 4) is 0 Å². The van der Waals surface area contributed by atoms with Crippen LogP contribution in [0.15, 0.2) is 24.3 Å². The van der Waals surface area contributed by atoms with Crippen LogP contribution in [0.5, 0.6) is 0 Å². The van der Waals surface area contributed by atoms with Crippen molar-refractivity contribution >= 4 is 21.6 Å². The van der Waals surface area contributed by atoms with E-state index in [0.717, 1.165) is 11.8 Å². The van der Waals surface area contributed by atoms with Gasteiger partial charge in [0.25, 0.3) is 0 Å². The average Bonchev–Trinajstić information content (AvgIpc) is 2.17. The van der Waals surface area contributed by atoms with Gasteiger partial charge in [0.15, 0.2) is 0 Å². The lowest BCUT2D eigenvalue weighted by molar-refractivity contribution is 0.396. The molecular formula is C11H16S2. The van der Waals surface area contributed by atoms with Crippen LogP contribution in [-0.2, 0) is 0 Å². The minimum absolute atomic E-state index is 0.387. The molecule has 2 aliphatic rings. The van der Waals surface area contributed by atoms with Gasteiger partial charge >= 0.3 is 0 Å². The molecule has 0 N–H and O–H groups in total. The fourth-order valence-corrected chi connectivity index (χ4v) is 5.68. The molecule has 0 radical (unpaired) electrons. The van der Waals surface area contributed by atoms with Gasteiger partial charge in [-0.15, -0.1) is 0 Å². The lowest BCUT2D eigenvalue weighted by Crippen LogP contribution is -2.39. The Hall–Kier alpha value is 0.180. The Morgan fingerprint density at radius 3 is 2.92 bits per heavy atom. The van der Waals surface area contributed by atoms with Crippen LogP contribution in [0.4, 0.5) is 0 Å². The molecule has 0 spiro atoms. The minimum atomic E-state index is 0.387. The summed E-state index contributed by atoms with van der Waals surface area (Å²) in [4.78, 5) is 0. The van der Waals surface area contributed by atoms with Gasteiger partial charge in [-0.05, 0) is 18.3 Å². The van der Waals surface area contributed by atoms with Gasteiger partial charge in [0.05, 0.1) is 4.75 Å². The van der Waals surface area contributed by atoms with Gasteiger partial charge in [0.2, 0.25) is 0 Å². The van der Waals surface area contributed by atoms with Crippen LogP contribution in [0.3, 0.4) is 0 Å². The summed E-state index contributed by atoms with van der Waals surface area (Å²) in [5.74, 6) is 2.81. The van der Waals surface area contributed by atoms with Gasteiger partial charge in [-0.25, -0.2) is 0 Å². The molecule has 1 heterocycles. The van der Waals surface area contributed by atoms with Crippen molar-refractivity contribution in [3.63, 3.8) is 0 Å². The molecular weight excluding hydrogens is 196 g/mol. The number of fused-ring (bicyclic) bond motifs is 1. The van der Waals surface area contributed by atoms with E-state index in [1.165, 1.54) is 12.2 Å². The van der Waals surface area contributed by atoms with Crippen LogP contribution >= 0.6 is 21.6 Å². The zero-order valence-corrected chi connectivity index (χ0v) is 9.83. The van der Waals surface area contributed by atoms with Crippen LogP contribution in [-0.4, -0.2) is 10.5 Å². The summed E-state index contributed by atoms with van der Waals surface area (Å²) >= 11 is 0. The highest BCUT2D eigenvalue weighted by Gasteiger charge is 2.42. The summed E-state index contributed by atoms with van der Waals surface area (Å²) in [6.07, 6.45) is 10.6. The largest absolute Gasteiger partial charge is 0.0932 e. The van der Waals surface area contributed by atoms with Gasteiger partial charge in [-0.2, -0.15) is 0 Å².